The first-order valence-electron chi connectivity index (χ1n) is 7.59. The van der Waals surface area contributed by atoms with Gasteiger partial charge in [0.2, 0.25) is 0 Å². The van der Waals surface area contributed by atoms with Crippen LogP contribution in [-0.2, 0) is 21.1 Å². The quantitative estimate of drug-likeness (QED) is 0.576. The Morgan fingerprint density at radius 3 is 2.35 bits per heavy atom. The molecule has 0 bridgehead atoms. The Bertz CT molecular complexity index is 752. The third kappa shape index (κ3) is 4.93. The Kier molecular flexibility index (Phi) is 5.93. The molecule has 0 aliphatic rings. The van der Waals surface area contributed by atoms with Crippen LogP contribution in [0.1, 0.15) is 25.3 Å². The van der Waals surface area contributed by atoms with Gasteiger partial charge in [-0.25, -0.2) is 8.42 Å². The molecule has 4 nitrogen and oxygen atoms in total. The highest BCUT2D eigenvalue weighted by molar-refractivity contribution is 7.91. The molecule has 2 aromatic rings. The summed E-state index contributed by atoms with van der Waals surface area (Å²) < 4.78 is 30.0. The molecular formula is C18H20O4S. The first kappa shape index (κ1) is 17.2. The fourth-order valence-electron chi connectivity index (χ4n) is 2.18. The van der Waals surface area contributed by atoms with Crippen molar-refractivity contribution in [2.45, 2.75) is 31.1 Å². The van der Waals surface area contributed by atoms with Gasteiger partial charge in [-0.05, 0) is 36.6 Å². The highest BCUT2D eigenvalue weighted by atomic mass is 32.2. The minimum absolute atomic E-state index is 0.0284. The predicted molar refractivity (Wildman–Crippen MR) is 89.2 cm³/mol. The van der Waals surface area contributed by atoms with E-state index in [1.165, 1.54) is 0 Å². The van der Waals surface area contributed by atoms with Crippen molar-refractivity contribution in [1.29, 1.82) is 0 Å². The highest BCUT2D eigenvalue weighted by Crippen LogP contribution is 2.21. The van der Waals surface area contributed by atoms with Crippen molar-refractivity contribution in [3.63, 3.8) is 0 Å². The monoisotopic (exact) mass is 332 g/mol. The summed E-state index contributed by atoms with van der Waals surface area (Å²) in [5, 5.41) is 0. The number of aryl methyl sites for hydroxylation is 1. The van der Waals surface area contributed by atoms with Gasteiger partial charge in [0.25, 0.3) is 0 Å². The van der Waals surface area contributed by atoms with Gasteiger partial charge >= 0.3 is 5.97 Å². The van der Waals surface area contributed by atoms with Crippen LogP contribution in [0.25, 0.3) is 0 Å². The van der Waals surface area contributed by atoms with Crippen LogP contribution in [-0.4, -0.2) is 20.1 Å². The summed E-state index contributed by atoms with van der Waals surface area (Å²) in [5.74, 6) is 0.111. The number of hydrogen-bond donors (Lipinski definition) is 0. The lowest BCUT2D eigenvalue weighted by Gasteiger charge is -2.10. The lowest BCUT2D eigenvalue weighted by Crippen LogP contribution is -2.12. The molecule has 0 saturated carbocycles. The molecule has 0 N–H and O–H groups in total. The average Bonchev–Trinajstić information content (AvgIpc) is 2.55. The van der Waals surface area contributed by atoms with E-state index in [0.29, 0.717) is 29.9 Å². The molecule has 0 fully saturated rings. The third-order valence-electron chi connectivity index (χ3n) is 3.39. The van der Waals surface area contributed by atoms with Crippen molar-refractivity contribution in [3.05, 3.63) is 60.2 Å². The van der Waals surface area contributed by atoms with Crippen LogP contribution in [0.15, 0.2) is 59.5 Å². The molecule has 0 radical (unpaired) electrons. The number of para-hydroxylation sites is 1. The maximum atomic E-state index is 12.3. The number of benzene rings is 2. The Labute approximate surface area is 137 Å². The van der Waals surface area contributed by atoms with E-state index >= 15 is 0 Å². The smallest absolute Gasteiger partial charge is 0.311 e. The molecular weight excluding hydrogens is 312 g/mol. The van der Waals surface area contributed by atoms with Gasteiger partial charge in [-0.15, -0.1) is 0 Å². The van der Waals surface area contributed by atoms with Crippen LogP contribution in [0.4, 0.5) is 0 Å². The zero-order valence-corrected chi connectivity index (χ0v) is 13.9. The fourth-order valence-corrected chi connectivity index (χ4v) is 3.47. The number of esters is 1. The second-order valence-corrected chi connectivity index (χ2v) is 7.32. The molecule has 0 heterocycles. The maximum absolute atomic E-state index is 12.3. The Balaban J connectivity index is 2.10. The highest BCUT2D eigenvalue weighted by Gasteiger charge is 2.16. The SMILES string of the molecule is CCCC(=O)Oc1ccccc1CCS(=O)(=O)c1ccccc1. The summed E-state index contributed by atoms with van der Waals surface area (Å²) in [6, 6.07) is 15.4. The van der Waals surface area contributed by atoms with Gasteiger partial charge in [0.1, 0.15) is 5.75 Å². The van der Waals surface area contributed by atoms with Crippen LogP contribution in [0, 0.1) is 0 Å². The van der Waals surface area contributed by atoms with Crippen LogP contribution in [0.2, 0.25) is 0 Å². The van der Waals surface area contributed by atoms with E-state index in [2.05, 4.69) is 0 Å². The summed E-state index contributed by atoms with van der Waals surface area (Å²) in [4.78, 5) is 12.0. The fraction of sp³-hybridized carbons (Fsp3) is 0.278. The number of hydrogen-bond acceptors (Lipinski definition) is 4. The Morgan fingerprint density at radius 2 is 1.65 bits per heavy atom. The molecule has 2 aromatic carbocycles. The second kappa shape index (κ2) is 7.92. The molecule has 122 valence electrons. The lowest BCUT2D eigenvalue weighted by atomic mass is 10.1. The molecule has 5 heteroatoms. The maximum Gasteiger partial charge on any atom is 0.311 e. The molecule has 0 aliphatic carbocycles. The minimum atomic E-state index is -3.35. The van der Waals surface area contributed by atoms with E-state index in [1.807, 2.05) is 13.0 Å². The zero-order chi connectivity index (χ0) is 16.7. The molecule has 0 spiro atoms. The van der Waals surface area contributed by atoms with Crippen molar-refractivity contribution in [3.8, 4) is 5.75 Å². The normalized spacial score (nSPS) is 11.2. The topological polar surface area (TPSA) is 60.4 Å². The molecule has 0 atom stereocenters. The summed E-state index contributed by atoms with van der Waals surface area (Å²) in [6.45, 7) is 1.90. The Morgan fingerprint density at radius 1 is 1.00 bits per heavy atom. The van der Waals surface area contributed by atoms with Crippen LogP contribution < -0.4 is 4.74 Å². The number of carbonyl (C=O) groups is 1. The first-order valence-corrected chi connectivity index (χ1v) is 9.24. The molecule has 0 saturated heterocycles. The van der Waals surface area contributed by atoms with E-state index < -0.39 is 9.84 Å². The number of sulfone groups is 1. The van der Waals surface area contributed by atoms with Crippen LogP contribution in [0.5, 0.6) is 5.75 Å². The summed E-state index contributed by atoms with van der Waals surface area (Å²) >= 11 is 0. The van der Waals surface area contributed by atoms with Crippen molar-refractivity contribution in [2.24, 2.45) is 0 Å². The molecule has 2 rings (SSSR count). The van der Waals surface area contributed by atoms with Gasteiger partial charge in [0.15, 0.2) is 9.84 Å². The predicted octanol–water partition coefficient (Wildman–Crippen LogP) is 3.41. The lowest BCUT2D eigenvalue weighted by molar-refractivity contribution is -0.134. The van der Waals surface area contributed by atoms with E-state index in [1.54, 1.807) is 48.5 Å². The number of rotatable bonds is 7. The molecule has 0 aromatic heterocycles. The van der Waals surface area contributed by atoms with Crippen LogP contribution in [0.3, 0.4) is 0 Å². The molecule has 0 amide bonds. The number of ether oxygens (including phenoxy) is 1. The van der Waals surface area contributed by atoms with Gasteiger partial charge in [0, 0.05) is 6.42 Å². The van der Waals surface area contributed by atoms with Gasteiger partial charge < -0.3 is 4.74 Å². The van der Waals surface area contributed by atoms with Crippen LogP contribution >= 0.6 is 0 Å². The van der Waals surface area contributed by atoms with E-state index in [0.717, 1.165) is 5.56 Å². The Hall–Kier alpha value is -2.14. The van der Waals surface area contributed by atoms with E-state index in [4.69, 9.17) is 4.74 Å². The third-order valence-corrected chi connectivity index (χ3v) is 5.12. The summed E-state index contributed by atoms with van der Waals surface area (Å²) in [6.07, 6.45) is 1.35. The largest absolute Gasteiger partial charge is 0.426 e. The minimum Gasteiger partial charge on any atom is -0.426 e. The summed E-state index contributed by atoms with van der Waals surface area (Å²) in [7, 11) is -3.35. The number of carbonyl (C=O) groups excluding carboxylic acids is 1. The van der Waals surface area contributed by atoms with Gasteiger partial charge in [0.05, 0.1) is 10.6 Å². The summed E-state index contributed by atoms with van der Waals surface area (Å²) in [5.41, 5.74) is 0.719. The van der Waals surface area contributed by atoms with E-state index in [-0.39, 0.29) is 11.7 Å². The van der Waals surface area contributed by atoms with Crippen molar-refractivity contribution in [2.75, 3.05) is 5.75 Å². The zero-order valence-electron chi connectivity index (χ0n) is 13.1. The van der Waals surface area contributed by atoms with Gasteiger partial charge in [-0.1, -0.05) is 43.3 Å². The van der Waals surface area contributed by atoms with Crippen molar-refractivity contribution >= 4 is 15.8 Å². The standard InChI is InChI=1S/C18H20O4S/c1-2-8-18(19)22-17-12-7-6-9-15(17)13-14-23(20,21)16-10-4-3-5-11-16/h3-7,9-12H,2,8,13-14H2,1H3. The first-order chi connectivity index (χ1) is 11.0. The van der Waals surface area contributed by atoms with Gasteiger partial charge in [-0.3, -0.25) is 4.79 Å². The molecule has 0 unspecified atom stereocenters. The van der Waals surface area contributed by atoms with Crippen molar-refractivity contribution < 1.29 is 17.9 Å². The van der Waals surface area contributed by atoms with E-state index in [9.17, 15) is 13.2 Å². The van der Waals surface area contributed by atoms with Crippen molar-refractivity contribution in [1.82, 2.24) is 0 Å². The second-order valence-electron chi connectivity index (χ2n) is 5.21. The molecule has 23 heavy (non-hydrogen) atoms. The average molecular weight is 332 g/mol. The van der Waals surface area contributed by atoms with Gasteiger partial charge in [-0.2, -0.15) is 0 Å². The molecule has 0 aliphatic heterocycles.